The Morgan fingerprint density at radius 1 is 1.04 bits per heavy atom. The van der Waals surface area contributed by atoms with Gasteiger partial charge in [-0.15, -0.1) is 11.8 Å². The maximum absolute atomic E-state index is 9.31. The standard InChI is InChI=1S/C21H20N4OS/c22-13-16-5-1-2-6-17(16)15-27-21-18-7-3-4-8-19(18)23-20(24-21)14-25-9-11-26-12-10-25/h1-8H,9-12,14-15H2. The summed E-state index contributed by atoms with van der Waals surface area (Å²) in [6.45, 7) is 4.08. The van der Waals surface area contributed by atoms with Crippen molar-refractivity contribution in [1.29, 1.82) is 5.26 Å². The molecule has 0 radical (unpaired) electrons. The van der Waals surface area contributed by atoms with Crippen LogP contribution in [-0.4, -0.2) is 41.2 Å². The van der Waals surface area contributed by atoms with Gasteiger partial charge in [0.1, 0.15) is 10.9 Å². The molecule has 2 heterocycles. The molecule has 0 N–H and O–H groups in total. The monoisotopic (exact) mass is 376 g/mol. The molecule has 1 aromatic heterocycles. The molecule has 2 aromatic carbocycles. The molecule has 0 saturated carbocycles. The summed E-state index contributed by atoms with van der Waals surface area (Å²) in [5, 5.41) is 11.3. The van der Waals surface area contributed by atoms with Crippen LogP contribution in [0.5, 0.6) is 0 Å². The number of hydrogen-bond donors (Lipinski definition) is 0. The lowest BCUT2D eigenvalue weighted by molar-refractivity contribution is 0.0330. The van der Waals surface area contributed by atoms with E-state index in [2.05, 4.69) is 17.0 Å². The van der Waals surface area contributed by atoms with E-state index in [0.29, 0.717) is 5.75 Å². The number of fused-ring (bicyclic) bond motifs is 1. The normalized spacial score (nSPS) is 14.9. The maximum Gasteiger partial charge on any atom is 0.144 e. The van der Waals surface area contributed by atoms with Gasteiger partial charge >= 0.3 is 0 Å². The third-order valence-electron chi connectivity index (χ3n) is 4.59. The van der Waals surface area contributed by atoms with Crippen LogP contribution in [0.25, 0.3) is 10.9 Å². The molecule has 136 valence electrons. The molecule has 1 saturated heterocycles. The predicted octanol–water partition coefficient (Wildman–Crippen LogP) is 3.63. The predicted molar refractivity (Wildman–Crippen MR) is 106 cm³/mol. The minimum absolute atomic E-state index is 0.710. The molecule has 1 fully saturated rings. The van der Waals surface area contributed by atoms with Crippen molar-refractivity contribution in [3.8, 4) is 6.07 Å². The molecule has 4 rings (SSSR count). The summed E-state index contributed by atoms with van der Waals surface area (Å²) < 4.78 is 5.43. The number of morpholine rings is 1. The molecule has 1 aliphatic heterocycles. The molecule has 3 aromatic rings. The highest BCUT2D eigenvalue weighted by Gasteiger charge is 2.15. The number of aromatic nitrogens is 2. The van der Waals surface area contributed by atoms with E-state index in [1.165, 1.54) is 0 Å². The van der Waals surface area contributed by atoms with Crippen molar-refractivity contribution >= 4 is 22.7 Å². The summed E-state index contributed by atoms with van der Waals surface area (Å²) >= 11 is 1.66. The average Bonchev–Trinajstić information content (AvgIpc) is 2.73. The van der Waals surface area contributed by atoms with Crippen LogP contribution in [0.3, 0.4) is 0 Å². The fourth-order valence-electron chi connectivity index (χ4n) is 3.13. The quantitative estimate of drug-likeness (QED) is 0.501. The summed E-state index contributed by atoms with van der Waals surface area (Å²) in [4.78, 5) is 11.9. The second-order valence-corrected chi connectivity index (χ2v) is 7.37. The Hall–Kier alpha value is -2.46. The lowest BCUT2D eigenvalue weighted by Gasteiger charge is -2.25. The van der Waals surface area contributed by atoms with E-state index in [1.54, 1.807) is 11.8 Å². The van der Waals surface area contributed by atoms with E-state index in [4.69, 9.17) is 14.7 Å². The molecule has 0 amide bonds. The topological polar surface area (TPSA) is 62.0 Å². The van der Waals surface area contributed by atoms with Crippen molar-refractivity contribution < 1.29 is 4.74 Å². The van der Waals surface area contributed by atoms with Crippen LogP contribution in [-0.2, 0) is 17.0 Å². The minimum atomic E-state index is 0.710. The number of nitrogens with zero attached hydrogens (tertiary/aromatic N) is 4. The molecule has 5 nitrogen and oxygen atoms in total. The summed E-state index contributed by atoms with van der Waals surface area (Å²) in [5.74, 6) is 1.55. The number of thioether (sulfide) groups is 1. The van der Waals surface area contributed by atoms with Gasteiger partial charge in [-0.3, -0.25) is 4.90 Å². The molecule has 0 aliphatic carbocycles. The van der Waals surface area contributed by atoms with Crippen LogP contribution in [0.2, 0.25) is 0 Å². The molecule has 27 heavy (non-hydrogen) atoms. The van der Waals surface area contributed by atoms with Crippen LogP contribution in [0.4, 0.5) is 0 Å². The van der Waals surface area contributed by atoms with Crippen LogP contribution < -0.4 is 0 Å². The van der Waals surface area contributed by atoms with Crippen molar-refractivity contribution in [3.63, 3.8) is 0 Å². The summed E-state index contributed by atoms with van der Waals surface area (Å²) in [7, 11) is 0. The van der Waals surface area contributed by atoms with Crippen molar-refractivity contribution in [1.82, 2.24) is 14.9 Å². The molecule has 0 unspecified atom stereocenters. The van der Waals surface area contributed by atoms with Gasteiger partial charge < -0.3 is 4.74 Å². The first-order valence-corrected chi connectivity index (χ1v) is 9.98. The Balaban J connectivity index is 1.61. The van der Waals surface area contributed by atoms with Crippen molar-refractivity contribution in [2.24, 2.45) is 0 Å². The third-order valence-corrected chi connectivity index (χ3v) is 5.63. The van der Waals surface area contributed by atoms with E-state index in [1.807, 2.05) is 42.5 Å². The van der Waals surface area contributed by atoms with Gasteiger partial charge in [0.05, 0.1) is 36.9 Å². The van der Waals surface area contributed by atoms with Gasteiger partial charge in [0.25, 0.3) is 0 Å². The molecule has 0 bridgehead atoms. The van der Waals surface area contributed by atoms with Crippen LogP contribution in [0.15, 0.2) is 53.6 Å². The summed E-state index contributed by atoms with van der Waals surface area (Å²) in [5.41, 5.74) is 2.71. The van der Waals surface area contributed by atoms with Crippen LogP contribution in [0, 0.1) is 11.3 Å². The zero-order valence-electron chi connectivity index (χ0n) is 15.0. The zero-order valence-corrected chi connectivity index (χ0v) is 15.8. The van der Waals surface area contributed by atoms with E-state index in [0.717, 1.165) is 65.7 Å². The molecule has 0 spiro atoms. The van der Waals surface area contributed by atoms with Crippen LogP contribution >= 0.6 is 11.8 Å². The number of nitriles is 1. The minimum Gasteiger partial charge on any atom is -0.379 e. The lowest BCUT2D eigenvalue weighted by Crippen LogP contribution is -2.36. The summed E-state index contributed by atoms with van der Waals surface area (Å²) in [6.07, 6.45) is 0. The first-order valence-electron chi connectivity index (χ1n) is 9.00. The smallest absolute Gasteiger partial charge is 0.144 e. The second kappa shape index (κ2) is 8.49. The first kappa shape index (κ1) is 17.9. The van der Waals surface area contributed by atoms with Gasteiger partial charge in [-0.2, -0.15) is 5.26 Å². The Morgan fingerprint density at radius 2 is 1.81 bits per heavy atom. The lowest BCUT2D eigenvalue weighted by atomic mass is 10.1. The number of para-hydroxylation sites is 1. The van der Waals surface area contributed by atoms with Crippen molar-refractivity contribution in [3.05, 3.63) is 65.5 Å². The maximum atomic E-state index is 9.31. The van der Waals surface area contributed by atoms with Crippen LogP contribution in [0.1, 0.15) is 17.0 Å². The molecule has 0 atom stereocenters. The van der Waals surface area contributed by atoms with Gasteiger partial charge in [0.2, 0.25) is 0 Å². The van der Waals surface area contributed by atoms with Gasteiger partial charge in [-0.25, -0.2) is 9.97 Å². The molecular formula is C21H20N4OS. The average molecular weight is 376 g/mol. The molecular weight excluding hydrogens is 356 g/mol. The van der Waals surface area contributed by atoms with Gasteiger partial charge in [-0.05, 0) is 17.7 Å². The highest BCUT2D eigenvalue weighted by Crippen LogP contribution is 2.29. The SMILES string of the molecule is N#Cc1ccccc1CSc1nc(CN2CCOCC2)nc2ccccc12. The Labute approximate surface area is 163 Å². The van der Waals surface area contributed by atoms with Gasteiger partial charge in [0.15, 0.2) is 0 Å². The largest absolute Gasteiger partial charge is 0.379 e. The van der Waals surface area contributed by atoms with E-state index in [-0.39, 0.29) is 0 Å². The third kappa shape index (κ3) is 4.28. The number of ether oxygens (including phenoxy) is 1. The summed E-state index contributed by atoms with van der Waals surface area (Å²) in [6, 6.07) is 18.1. The van der Waals surface area contributed by atoms with E-state index in [9.17, 15) is 5.26 Å². The molecule has 6 heteroatoms. The fraction of sp³-hybridized carbons (Fsp3) is 0.286. The first-order chi connectivity index (χ1) is 13.3. The van der Waals surface area contributed by atoms with Gasteiger partial charge in [0, 0.05) is 24.2 Å². The highest BCUT2D eigenvalue weighted by molar-refractivity contribution is 7.98. The number of benzene rings is 2. The van der Waals surface area contributed by atoms with Crippen molar-refractivity contribution in [2.45, 2.75) is 17.3 Å². The number of rotatable bonds is 5. The number of hydrogen-bond acceptors (Lipinski definition) is 6. The highest BCUT2D eigenvalue weighted by atomic mass is 32.2. The van der Waals surface area contributed by atoms with E-state index >= 15 is 0 Å². The Kier molecular flexibility index (Phi) is 5.64. The fourth-order valence-corrected chi connectivity index (χ4v) is 4.18. The van der Waals surface area contributed by atoms with Crippen molar-refractivity contribution in [2.75, 3.05) is 26.3 Å². The second-order valence-electron chi connectivity index (χ2n) is 6.41. The van der Waals surface area contributed by atoms with E-state index < -0.39 is 0 Å². The van der Waals surface area contributed by atoms with Gasteiger partial charge in [-0.1, -0.05) is 36.4 Å². The Bertz CT molecular complexity index is 979. The Morgan fingerprint density at radius 3 is 2.67 bits per heavy atom. The zero-order chi connectivity index (χ0) is 18.5. The molecule has 1 aliphatic rings.